The van der Waals surface area contributed by atoms with Crippen LogP contribution in [-0.4, -0.2) is 26.9 Å². The van der Waals surface area contributed by atoms with Crippen LogP contribution in [0.2, 0.25) is 0 Å². The third kappa shape index (κ3) is 4.31. The highest BCUT2D eigenvalue weighted by Gasteiger charge is 2.16. The molecule has 0 saturated heterocycles. The largest absolute Gasteiger partial charge is 0.348 e. The molecule has 0 aromatic carbocycles. The number of hydrogen-bond donors (Lipinski definition) is 1. The molecule has 0 aliphatic carbocycles. The molecule has 0 saturated carbocycles. The highest BCUT2D eigenvalue weighted by Crippen LogP contribution is 2.10. The molecule has 5 nitrogen and oxygen atoms in total. The molecule has 0 radical (unpaired) electrons. The molecule has 2 aromatic rings. The first kappa shape index (κ1) is 14.5. The summed E-state index contributed by atoms with van der Waals surface area (Å²) in [6.45, 7) is 4.71. The van der Waals surface area contributed by atoms with Crippen LogP contribution in [0.5, 0.6) is 0 Å². The minimum atomic E-state index is -0.0933. The summed E-state index contributed by atoms with van der Waals surface area (Å²) in [5.41, 5.74) is 0. The molecule has 2 aromatic heterocycles. The third-order valence-corrected chi connectivity index (χ3v) is 3.74. The minimum absolute atomic E-state index is 0.00267. The molecular formula is C14H18N4OS. The number of nitrogens with zero attached hydrogens (tertiary/aromatic N) is 3. The Morgan fingerprint density at radius 3 is 2.80 bits per heavy atom. The molecule has 0 aliphatic heterocycles. The van der Waals surface area contributed by atoms with Crippen LogP contribution in [0.4, 0.5) is 0 Å². The highest BCUT2D eigenvalue weighted by atomic mass is 32.1. The van der Waals surface area contributed by atoms with E-state index in [1.807, 2.05) is 23.6 Å². The van der Waals surface area contributed by atoms with Crippen molar-refractivity contribution in [3.05, 3.63) is 40.9 Å². The van der Waals surface area contributed by atoms with Crippen LogP contribution in [-0.2, 0) is 11.3 Å². The lowest BCUT2D eigenvalue weighted by molar-refractivity contribution is -0.117. The molecule has 0 spiro atoms. The van der Waals surface area contributed by atoms with Crippen LogP contribution in [0.3, 0.4) is 0 Å². The Morgan fingerprint density at radius 2 is 2.20 bits per heavy atom. The van der Waals surface area contributed by atoms with E-state index in [1.54, 1.807) is 34.6 Å². The second-order valence-corrected chi connectivity index (χ2v) is 5.77. The van der Waals surface area contributed by atoms with E-state index in [9.17, 15) is 4.79 Å². The van der Waals surface area contributed by atoms with Crippen molar-refractivity contribution in [1.82, 2.24) is 20.3 Å². The van der Waals surface area contributed by atoms with Crippen molar-refractivity contribution in [2.75, 3.05) is 0 Å². The number of thiophene rings is 1. The first-order valence-corrected chi connectivity index (χ1v) is 7.39. The molecule has 0 unspecified atom stereocenters. The van der Waals surface area contributed by atoms with Gasteiger partial charge < -0.3 is 5.32 Å². The summed E-state index contributed by atoms with van der Waals surface area (Å²) in [4.78, 5) is 14.6. The molecule has 1 amide bonds. The average Bonchev–Trinajstić information content (AvgIpc) is 3.08. The first-order chi connectivity index (χ1) is 9.65. The maximum atomic E-state index is 11.9. The molecule has 106 valence electrons. The van der Waals surface area contributed by atoms with Gasteiger partial charge in [-0.25, -0.2) is 0 Å². The quantitative estimate of drug-likeness (QED) is 0.830. The van der Waals surface area contributed by atoms with E-state index in [1.165, 1.54) is 0 Å². The average molecular weight is 290 g/mol. The van der Waals surface area contributed by atoms with Crippen LogP contribution in [0.1, 0.15) is 18.7 Å². The summed E-state index contributed by atoms with van der Waals surface area (Å²) in [5.74, 6) is 0.212. The molecule has 6 heteroatoms. The number of aromatic nitrogens is 3. The van der Waals surface area contributed by atoms with Crippen LogP contribution < -0.4 is 5.32 Å². The van der Waals surface area contributed by atoms with Gasteiger partial charge in [0.15, 0.2) is 0 Å². The van der Waals surface area contributed by atoms with Crippen molar-refractivity contribution in [1.29, 1.82) is 0 Å². The fourth-order valence-corrected chi connectivity index (χ4v) is 2.33. The Bertz CT molecular complexity index is 546. The van der Waals surface area contributed by atoms with E-state index in [0.717, 1.165) is 4.88 Å². The number of amides is 1. The van der Waals surface area contributed by atoms with Crippen LogP contribution in [0.15, 0.2) is 36.0 Å². The molecular weight excluding hydrogens is 272 g/mol. The van der Waals surface area contributed by atoms with E-state index in [0.29, 0.717) is 12.5 Å². The highest BCUT2D eigenvalue weighted by molar-refractivity contribution is 7.10. The normalized spacial score (nSPS) is 12.9. The number of carbonyl (C=O) groups excluding carboxylic acids is 1. The van der Waals surface area contributed by atoms with Gasteiger partial charge >= 0.3 is 0 Å². The molecule has 1 N–H and O–H groups in total. The van der Waals surface area contributed by atoms with Crippen molar-refractivity contribution >= 4 is 23.3 Å². The standard InChI is InChI=1S/C14H18N4OS/c1-11(2)13(10-18-15-7-8-16-18)17-14(19)6-5-12-4-3-9-20-12/h3-9,11,13H,10H2,1-2H3,(H,17,19)/b6-5+/t13-/m0/s1. The van der Waals surface area contributed by atoms with E-state index in [2.05, 4.69) is 29.4 Å². The van der Waals surface area contributed by atoms with Crippen molar-refractivity contribution in [2.24, 2.45) is 5.92 Å². The second-order valence-electron chi connectivity index (χ2n) is 4.79. The lowest BCUT2D eigenvalue weighted by atomic mass is 10.0. The Kier molecular flexibility index (Phi) is 5.06. The van der Waals surface area contributed by atoms with Crippen LogP contribution in [0, 0.1) is 5.92 Å². The zero-order valence-corrected chi connectivity index (χ0v) is 12.4. The zero-order chi connectivity index (χ0) is 14.4. The minimum Gasteiger partial charge on any atom is -0.348 e. The predicted octanol–water partition coefficient (Wildman–Crippen LogP) is 2.19. The molecule has 1 atom stereocenters. The Labute approximate surface area is 122 Å². The summed E-state index contributed by atoms with van der Waals surface area (Å²) in [6.07, 6.45) is 6.66. The Hall–Kier alpha value is -1.95. The lowest BCUT2D eigenvalue weighted by Crippen LogP contribution is -2.41. The number of carbonyl (C=O) groups is 1. The first-order valence-electron chi connectivity index (χ1n) is 6.51. The van der Waals surface area contributed by atoms with E-state index >= 15 is 0 Å². The molecule has 20 heavy (non-hydrogen) atoms. The van der Waals surface area contributed by atoms with Gasteiger partial charge in [0.25, 0.3) is 0 Å². The van der Waals surface area contributed by atoms with E-state index in [-0.39, 0.29) is 11.9 Å². The summed E-state index contributed by atoms with van der Waals surface area (Å²) < 4.78 is 0. The van der Waals surface area contributed by atoms with Crippen molar-refractivity contribution in [2.45, 2.75) is 26.4 Å². The fourth-order valence-electron chi connectivity index (χ4n) is 1.71. The molecule has 0 bridgehead atoms. The Morgan fingerprint density at radius 1 is 1.45 bits per heavy atom. The lowest BCUT2D eigenvalue weighted by Gasteiger charge is -2.20. The van der Waals surface area contributed by atoms with Gasteiger partial charge in [0.05, 0.1) is 25.0 Å². The zero-order valence-electron chi connectivity index (χ0n) is 11.6. The van der Waals surface area contributed by atoms with Crippen molar-refractivity contribution < 1.29 is 4.79 Å². The molecule has 0 aliphatic rings. The van der Waals surface area contributed by atoms with Gasteiger partial charge in [-0.1, -0.05) is 19.9 Å². The SMILES string of the molecule is CC(C)[C@H](Cn1nccn1)NC(=O)/C=C/c1cccs1. The predicted molar refractivity (Wildman–Crippen MR) is 80.1 cm³/mol. The molecule has 0 fully saturated rings. The number of nitrogens with one attached hydrogen (secondary N) is 1. The van der Waals surface area contributed by atoms with Gasteiger partial charge in [-0.2, -0.15) is 15.0 Å². The smallest absolute Gasteiger partial charge is 0.244 e. The van der Waals surface area contributed by atoms with Crippen molar-refractivity contribution in [3.8, 4) is 0 Å². The number of rotatable bonds is 6. The summed E-state index contributed by atoms with van der Waals surface area (Å²) in [7, 11) is 0. The van der Waals surface area contributed by atoms with Gasteiger partial charge in [0.1, 0.15) is 0 Å². The number of hydrogen-bond acceptors (Lipinski definition) is 4. The monoisotopic (exact) mass is 290 g/mol. The van der Waals surface area contributed by atoms with Gasteiger partial charge in [0.2, 0.25) is 5.91 Å². The maximum absolute atomic E-state index is 11.9. The van der Waals surface area contributed by atoms with Gasteiger partial charge in [-0.3, -0.25) is 4.79 Å². The summed E-state index contributed by atoms with van der Waals surface area (Å²) >= 11 is 1.60. The molecule has 2 rings (SSSR count). The van der Waals surface area contributed by atoms with E-state index < -0.39 is 0 Å². The molecule has 2 heterocycles. The van der Waals surface area contributed by atoms with Crippen LogP contribution >= 0.6 is 11.3 Å². The van der Waals surface area contributed by atoms with E-state index in [4.69, 9.17) is 0 Å². The van der Waals surface area contributed by atoms with Gasteiger partial charge in [0, 0.05) is 11.0 Å². The second kappa shape index (κ2) is 7.00. The fraction of sp³-hybridized carbons (Fsp3) is 0.357. The third-order valence-electron chi connectivity index (χ3n) is 2.90. The summed E-state index contributed by atoms with van der Waals surface area (Å²) in [5, 5.41) is 13.1. The summed E-state index contributed by atoms with van der Waals surface area (Å²) in [6, 6.07) is 3.94. The van der Waals surface area contributed by atoms with Gasteiger partial charge in [-0.15, -0.1) is 11.3 Å². The van der Waals surface area contributed by atoms with Crippen LogP contribution in [0.25, 0.3) is 6.08 Å². The van der Waals surface area contributed by atoms with Crippen molar-refractivity contribution in [3.63, 3.8) is 0 Å². The van der Waals surface area contributed by atoms with Gasteiger partial charge in [-0.05, 0) is 23.4 Å². The topological polar surface area (TPSA) is 59.8 Å². The maximum Gasteiger partial charge on any atom is 0.244 e. The Balaban J connectivity index is 1.92.